The van der Waals surface area contributed by atoms with Crippen molar-refractivity contribution in [2.24, 2.45) is 0 Å². The van der Waals surface area contributed by atoms with Crippen LogP contribution in [0.4, 0.5) is 0 Å². The van der Waals surface area contributed by atoms with Crippen molar-refractivity contribution in [3.05, 3.63) is 107 Å². The fourth-order valence-corrected chi connectivity index (χ4v) is 5.83. The molecule has 1 aliphatic carbocycles. The lowest BCUT2D eigenvalue weighted by Gasteiger charge is -2.37. The van der Waals surface area contributed by atoms with Crippen molar-refractivity contribution in [3.63, 3.8) is 0 Å². The maximum atomic E-state index is 14.3. The summed E-state index contributed by atoms with van der Waals surface area (Å²) in [6, 6.07) is 15.7. The molecule has 1 fully saturated rings. The van der Waals surface area contributed by atoms with Crippen LogP contribution in [0.5, 0.6) is 0 Å². The van der Waals surface area contributed by atoms with Crippen LogP contribution in [0.15, 0.2) is 84.6 Å². The van der Waals surface area contributed by atoms with Gasteiger partial charge in [0.05, 0.1) is 6.54 Å². The zero-order valence-corrected chi connectivity index (χ0v) is 23.8. The molecule has 206 valence electrons. The fraction of sp³-hybridized carbons (Fsp3) is 0.412. The highest BCUT2D eigenvalue weighted by atomic mass is 16.2. The van der Waals surface area contributed by atoms with Crippen LogP contribution in [0.1, 0.15) is 74.2 Å². The Hall–Kier alpha value is -3.44. The molecule has 5 heteroatoms. The normalized spacial score (nSPS) is 17.5. The number of fused-ring (bicyclic) bond motifs is 1. The van der Waals surface area contributed by atoms with Gasteiger partial charge in [-0.3, -0.25) is 19.4 Å². The molecule has 1 unspecified atom stereocenters. The number of rotatable bonds is 9. The summed E-state index contributed by atoms with van der Waals surface area (Å²) in [5, 5.41) is 3.33. The zero-order chi connectivity index (χ0) is 27.8. The average molecular weight is 526 g/mol. The first-order chi connectivity index (χ1) is 18.9. The molecule has 39 heavy (non-hydrogen) atoms. The Labute approximate surface area is 234 Å². The minimum atomic E-state index is -0.778. The van der Waals surface area contributed by atoms with E-state index in [4.69, 9.17) is 0 Å². The number of carbonyl (C=O) groups excluding carboxylic acids is 2. The fourth-order valence-electron chi connectivity index (χ4n) is 5.83. The molecule has 2 aliphatic rings. The highest BCUT2D eigenvalue weighted by Gasteiger charge is 2.36. The van der Waals surface area contributed by atoms with Crippen molar-refractivity contribution in [2.45, 2.75) is 77.9 Å². The average Bonchev–Trinajstić information content (AvgIpc) is 2.92. The van der Waals surface area contributed by atoms with Gasteiger partial charge in [-0.2, -0.15) is 0 Å². The van der Waals surface area contributed by atoms with Gasteiger partial charge in [0.2, 0.25) is 11.8 Å². The Morgan fingerprint density at radius 2 is 1.77 bits per heavy atom. The van der Waals surface area contributed by atoms with Gasteiger partial charge in [-0.25, -0.2) is 0 Å². The molecule has 0 bridgehead atoms. The number of carbonyl (C=O) groups is 2. The number of hydrogen-bond acceptors (Lipinski definition) is 3. The van der Waals surface area contributed by atoms with E-state index >= 15 is 0 Å². The number of benzene rings is 2. The van der Waals surface area contributed by atoms with Crippen LogP contribution in [0.25, 0.3) is 0 Å². The van der Waals surface area contributed by atoms with Gasteiger partial charge < -0.3 is 5.32 Å². The molecule has 0 aromatic heterocycles. The van der Waals surface area contributed by atoms with Gasteiger partial charge in [0.15, 0.2) is 0 Å². The summed E-state index contributed by atoms with van der Waals surface area (Å²) in [4.78, 5) is 32.4. The minimum Gasteiger partial charge on any atom is -0.351 e. The summed E-state index contributed by atoms with van der Waals surface area (Å²) in [7, 11) is 0. The highest BCUT2D eigenvalue weighted by molar-refractivity contribution is 5.91. The first-order valence-corrected chi connectivity index (χ1v) is 14.3. The van der Waals surface area contributed by atoms with E-state index < -0.39 is 6.04 Å². The molecule has 1 heterocycles. The van der Waals surface area contributed by atoms with E-state index in [1.807, 2.05) is 63.3 Å². The number of nitrogens with one attached hydrogen (secondary N) is 1. The largest absolute Gasteiger partial charge is 0.351 e. The number of aryl methyl sites for hydroxylation is 1. The van der Waals surface area contributed by atoms with E-state index in [2.05, 4.69) is 41.1 Å². The van der Waals surface area contributed by atoms with Crippen LogP contribution in [0, 0.1) is 6.92 Å². The van der Waals surface area contributed by atoms with Crippen molar-refractivity contribution in [3.8, 4) is 0 Å². The third-order valence-corrected chi connectivity index (χ3v) is 7.79. The van der Waals surface area contributed by atoms with Gasteiger partial charge in [0.1, 0.15) is 6.04 Å². The van der Waals surface area contributed by atoms with Crippen molar-refractivity contribution in [2.75, 3.05) is 13.1 Å². The van der Waals surface area contributed by atoms with Gasteiger partial charge in [-0.05, 0) is 74.4 Å². The molecule has 0 radical (unpaired) electrons. The highest BCUT2D eigenvalue weighted by Crippen LogP contribution is 2.31. The maximum Gasteiger partial charge on any atom is 0.248 e. The standard InChI is InChI=1S/C34H43N3O2/c1-5-13-30(22-25(2)3)37(32(38)24-36-21-20-27-15-10-11-16-28(27)23-36)33(31-19-12-9-14-26(31)4)34(39)35-29-17-7-6-8-18-29/h5,9-16,19,22,29,33H,2,6-8,17-18,20-21,23-24H2,1,3-4H3,(H,35,39). The van der Waals surface area contributed by atoms with Crippen LogP contribution in [0.3, 0.4) is 0 Å². The lowest BCUT2D eigenvalue weighted by molar-refractivity contribution is -0.139. The van der Waals surface area contributed by atoms with Gasteiger partial charge in [0.25, 0.3) is 0 Å². The van der Waals surface area contributed by atoms with Gasteiger partial charge >= 0.3 is 0 Å². The van der Waals surface area contributed by atoms with E-state index in [9.17, 15) is 9.59 Å². The molecule has 1 aliphatic heterocycles. The Morgan fingerprint density at radius 1 is 1.08 bits per heavy atom. The molecule has 1 atom stereocenters. The molecule has 0 spiro atoms. The lowest BCUT2D eigenvalue weighted by atomic mass is 9.93. The van der Waals surface area contributed by atoms with Crippen molar-refractivity contribution in [1.29, 1.82) is 0 Å². The van der Waals surface area contributed by atoms with E-state index in [0.717, 1.165) is 61.9 Å². The zero-order valence-electron chi connectivity index (χ0n) is 23.8. The van der Waals surface area contributed by atoms with Gasteiger partial charge in [0, 0.05) is 24.8 Å². The second kappa shape index (κ2) is 13.6. The van der Waals surface area contributed by atoms with Crippen LogP contribution >= 0.6 is 0 Å². The first kappa shape index (κ1) is 28.6. The summed E-state index contributed by atoms with van der Waals surface area (Å²) in [6.45, 7) is 11.7. The predicted molar refractivity (Wildman–Crippen MR) is 159 cm³/mol. The van der Waals surface area contributed by atoms with Gasteiger partial charge in [-0.15, -0.1) is 0 Å². The quantitative estimate of drug-likeness (QED) is 0.385. The van der Waals surface area contributed by atoms with Crippen LogP contribution in [0.2, 0.25) is 0 Å². The second-order valence-electron chi connectivity index (χ2n) is 11.0. The van der Waals surface area contributed by atoms with Gasteiger partial charge in [-0.1, -0.05) is 86.0 Å². The minimum absolute atomic E-state index is 0.0907. The Bertz CT molecular complexity index is 1240. The first-order valence-electron chi connectivity index (χ1n) is 14.3. The third-order valence-electron chi connectivity index (χ3n) is 7.79. The second-order valence-corrected chi connectivity index (χ2v) is 11.0. The number of amides is 2. The van der Waals surface area contributed by atoms with Crippen LogP contribution in [-0.4, -0.2) is 40.7 Å². The van der Waals surface area contributed by atoms with E-state index in [1.54, 1.807) is 4.90 Å². The molecule has 2 aromatic rings. The molecule has 5 nitrogen and oxygen atoms in total. The van der Waals surface area contributed by atoms with Crippen molar-refractivity contribution in [1.82, 2.24) is 15.1 Å². The Morgan fingerprint density at radius 3 is 2.46 bits per heavy atom. The van der Waals surface area contributed by atoms with E-state index in [0.29, 0.717) is 5.70 Å². The monoisotopic (exact) mass is 525 g/mol. The van der Waals surface area contributed by atoms with E-state index in [-0.39, 0.29) is 24.4 Å². The summed E-state index contributed by atoms with van der Waals surface area (Å²) >= 11 is 0. The number of allylic oxidation sites excluding steroid dienone is 4. The molecule has 2 aromatic carbocycles. The summed E-state index contributed by atoms with van der Waals surface area (Å²) in [6.07, 6.45) is 12.1. The van der Waals surface area contributed by atoms with Crippen LogP contribution < -0.4 is 5.32 Å². The summed E-state index contributed by atoms with van der Waals surface area (Å²) in [5.41, 5.74) is 5.95. The third kappa shape index (κ3) is 7.36. The lowest BCUT2D eigenvalue weighted by Crippen LogP contribution is -2.49. The Kier molecular flexibility index (Phi) is 9.94. The molecule has 4 rings (SSSR count). The molecular weight excluding hydrogens is 482 g/mol. The predicted octanol–water partition coefficient (Wildman–Crippen LogP) is 6.41. The molecular formula is C34H43N3O2. The molecule has 1 N–H and O–H groups in total. The number of nitrogens with zero attached hydrogens (tertiary/aromatic N) is 2. The van der Waals surface area contributed by atoms with Crippen LogP contribution in [-0.2, 0) is 22.6 Å². The molecule has 1 saturated carbocycles. The Balaban J connectivity index is 1.73. The topological polar surface area (TPSA) is 52.7 Å². The van der Waals surface area contributed by atoms with Crippen molar-refractivity contribution >= 4 is 11.8 Å². The smallest absolute Gasteiger partial charge is 0.248 e. The summed E-state index contributed by atoms with van der Waals surface area (Å²) < 4.78 is 0. The molecule has 2 amide bonds. The van der Waals surface area contributed by atoms with E-state index in [1.165, 1.54) is 17.5 Å². The SMILES string of the molecule is C=C(C)C=C(C=CC)N(C(=O)CN1CCc2ccccc2C1)C(C(=O)NC1CCCCC1)c1ccccc1C. The van der Waals surface area contributed by atoms with Crippen molar-refractivity contribution < 1.29 is 9.59 Å². The maximum absolute atomic E-state index is 14.3. The summed E-state index contributed by atoms with van der Waals surface area (Å²) in [5.74, 6) is -0.210. The molecule has 0 saturated heterocycles. The number of hydrogen-bond donors (Lipinski definition) is 1.